The fourth-order valence-electron chi connectivity index (χ4n) is 1.49. The van der Waals surface area contributed by atoms with Gasteiger partial charge in [0.1, 0.15) is 22.9 Å². The molecule has 0 amide bonds. The molecule has 5 nitrogen and oxygen atoms in total. The first-order valence-corrected chi connectivity index (χ1v) is 5.35. The number of rotatable bonds is 3. The highest BCUT2D eigenvalue weighted by molar-refractivity contribution is 5.47. The zero-order valence-corrected chi connectivity index (χ0v) is 9.95. The van der Waals surface area contributed by atoms with Crippen molar-refractivity contribution < 1.29 is 17.6 Å². The Bertz CT molecular complexity index is 580. The molecule has 0 atom stereocenters. The standard InChI is InChI=1S/C11H11F3N4O/c1-6-2-3-7(19-6)4-16-9-8(11(12,13)14)5-17-10(15)18-9/h2-3,5H,4H2,1H3,(H3,15,16,17,18). The lowest BCUT2D eigenvalue weighted by molar-refractivity contribution is -0.137. The first-order valence-electron chi connectivity index (χ1n) is 5.35. The van der Waals surface area contributed by atoms with E-state index in [0.717, 1.165) is 0 Å². The van der Waals surface area contributed by atoms with E-state index in [9.17, 15) is 13.2 Å². The zero-order valence-electron chi connectivity index (χ0n) is 9.95. The number of aryl methyl sites for hydroxylation is 1. The van der Waals surface area contributed by atoms with Gasteiger partial charge >= 0.3 is 6.18 Å². The lowest BCUT2D eigenvalue weighted by Gasteiger charge is -2.12. The highest BCUT2D eigenvalue weighted by Crippen LogP contribution is 2.33. The van der Waals surface area contributed by atoms with Gasteiger partial charge in [-0.2, -0.15) is 18.2 Å². The van der Waals surface area contributed by atoms with E-state index < -0.39 is 11.7 Å². The number of nitrogen functional groups attached to an aromatic ring is 1. The number of furan rings is 1. The molecule has 0 fully saturated rings. The summed E-state index contributed by atoms with van der Waals surface area (Å²) >= 11 is 0. The molecule has 102 valence electrons. The molecule has 0 aliphatic carbocycles. The molecule has 0 bridgehead atoms. The van der Waals surface area contributed by atoms with Crippen molar-refractivity contribution >= 4 is 11.8 Å². The Morgan fingerprint density at radius 3 is 2.68 bits per heavy atom. The van der Waals surface area contributed by atoms with Crippen molar-refractivity contribution in [3.63, 3.8) is 0 Å². The molecular weight excluding hydrogens is 261 g/mol. The molecule has 0 unspecified atom stereocenters. The lowest BCUT2D eigenvalue weighted by atomic mass is 10.3. The van der Waals surface area contributed by atoms with Gasteiger partial charge in [-0.3, -0.25) is 0 Å². The average Bonchev–Trinajstić information content (AvgIpc) is 2.71. The van der Waals surface area contributed by atoms with Crippen LogP contribution in [-0.4, -0.2) is 9.97 Å². The molecule has 2 heterocycles. The van der Waals surface area contributed by atoms with Gasteiger partial charge in [-0.05, 0) is 19.1 Å². The van der Waals surface area contributed by atoms with Crippen LogP contribution in [0.15, 0.2) is 22.7 Å². The molecule has 19 heavy (non-hydrogen) atoms. The summed E-state index contributed by atoms with van der Waals surface area (Å²) in [6.45, 7) is 1.82. The molecule has 0 saturated heterocycles. The maximum Gasteiger partial charge on any atom is 0.421 e. The van der Waals surface area contributed by atoms with Gasteiger partial charge in [0.05, 0.1) is 6.54 Å². The SMILES string of the molecule is Cc1ccc(CNc2nc(N)ncc2C(F)(F)F)o1. The van der Waals surface area contributed by atoms with Crippen LogP contribution in [0.2, 0.25) is 0 Å². The van der Waals surface area contributed by atoms with E-state index in [-0.39, 0.29) is 18.3 Å². The van der Waals surface area contributed by atoms with Crippen LogP contribution < -0.4 is 11.1 Å². The first kappa shape index (κ1) is 13.2. The Morgan fingerprint density at radius 1 is 1.37 bits per heavy atom. The van der Waals surface area contributed by atoms with E-state index in [1.807, 2.05) is 0 Å². The average molecular weight is 272 g/mol. The number of nitrogens with two attached hydrogens (primary N) is 1. The van der Waals surface area contributed by atoms with Crippen LogP contribution in [0.25, 0.3) is 0 Å². The van der Waals surface area contributed by atoms with Gasteiger partial charge in [0.15, 0.2) is 0 Å². The molecule has 0 spiro atoms. The molecule has 8 heteroatoms. The third kappa shape index (κ3) is 3.15. The smallest absolute Gasteiger partial charge is 0.421 e. The normalized spacial score (nSPS) is 11.6. The fraction of sp³-hybridized carbons (Fsp3) is 0.273. The fourth-order valence-corrected chi connectivity index (χ4v) is 1.49. The van der Waals surface area contributed by atoms with Gasteiger partial charge in [0, 0.05) is 6.20 Å². The Morgan fingerprint density at radius 2 is 2.11 bits per heavy atom. The van der Waals surface area contributed by atoms with Gasteiger partial charge < -0.3 is 15.5 Å². The summed E-state index contributed by atoms with van der Waals surface area (Å²) in [7, 11) is 0. The second kappa shape index (κ2) is 4.79. The third-order valence-corrected chi connectivity index (χ3v) is 2.34. The maximum absolute atomic E-state index is 12.7. The van der Waals surface area contributed by atoms with Crippen molar-refractivity contribution in [2.24, 2.45) is 0 Å². The van der Waals surface area contributed by atoms with Gasteiger partial charge in [0.2, 0.25) is 5.95 Å². The minimum Gasteiger partial charge on any atom is -0.465 e. The maximum atomic E-state index is 12.7. The Balaban J connectivity index is 2.21. The van der Waals surface area contributed by atoms with Crippen LogP contribution in [0.3, 0.4) is 0 Å². The molecule has 0 saturated carbocycles. The minimum atomic E-state index is -4.55. The molecule has 0 aliphatic heterocycles. The van der Waals surface area contributed by atoms with E-state index in [2.05, 4.69) is 15.3 Å². The van der Waals surface area contributed by atoms with E-state index in [1.54, 1.807) is 19.1 Å². The summed E-state index contributed by atoms with van der Waals surface area (Å²) in [5, 5.41) is 2.55. The van der Waals surface area contributed by atoms with Crippen molar-refractivity contribution in [2.75, 3.05) is 11.1 Å². The van der Waals surface area contributed by atoms with Crippen molar-refractivity contribution in [3.05, 3.63) is 35.4 Å². The largest absolute Gasteiger partial charge is 0.465 e. The number of nitrogens with one attached hydrogen (secondary N) is 1. The number of hydrogen-bond acceptors (Lipinski definition) is 5. The van der Waals surface area contributed by atoms with Crippen LogP contribution in [0, 0.1) is 6.92 Å². The van der Waals surface area contributed by atoms with Crippen molar-refractivity contribution in [1.29, 1.82) is 0 Å². The second-order valence-corrected chi connectivity index (χ2v) is 3.85. The summed E-state index contributed by atoms with van der Waals surface area (Å²) in [5.41, 5.74) is 4.32. The van der Waals surface area contributed by atoms with Crippen LogP contribution in [0.4, 0.5) is 24.9 Å². The minimum absolute atomic E-state index is 0.0768. The summed E-state index contributed by atoms with van der Waals surface area (Å²) in [6.07, 6.45) is -3.90. The lowest BCUT2D eigenvalue weighted by Crippen LogP contribution is -2.14. The molecule has 0 aliphatic rings. The zero-order chi connectivity index (χ0) is 14.0. The molecule has 2 rings (SSSR count). The summed E-state index contributed by atoms with van der Waals surface area (Å²) in [4.78, 5) is 6.90. The Hall–Kier alpha value is -2.25. The molecule has 2 aromatic heterocycles. The number of hydrogen-bond donors (Lipinski definition) is 2. The monoisotopic (exact) mass is 272 g/mol. The van der Waals surface area contributed by atoms with E-state index in [4.69, 9.17) is 10.2 Å². The van der Waals surface area contributed by atoms with Crippen LogP contribution in [0.5, 0.6) is 0 Å². The Kier molecular flexibility index (Phi) is 3.32. The van der Waals surface area contributed by atoms with Crippen LogP contribution >= 0.6 is 0 Å². The number of nitrogens with zero attached hydrogens (tertiary/aromatic N) is 2. The highest BCUT2D eigenvalue weighted by atomic mass is 19.4. The predicted octanol–water partition coefficient (Wildman–Crippen LogP) is 2.59. The molecule has 2 aromatic rings. The first-order chi connectivity index (χ1) is 8.86. The summed E-state index contributed by atoms with van der Waals surface area (Å²) in [5.74, 6) is 0.582. The third-order valence-electron chi connectivity index (χ3n) is 2.34. The van der Waals surface area contributed by atoms with Crippen molar-refractivity contribution in [3.8, 4) is 0 Å². The molecule has 0 aromatic carbocycles. The van der Waals surface area contributed by atoms with E-state index in [1.165, 1.54) is 0 Å². The summed E-state index contributed by atoms with van der Waals surface area (Å²) < 4.78 is 43.4. The highest BCUT2D eigenvalue weighted by Gasteiger charge is 2.35. The Labute approximate surface area is 106 Å². The summed E-state index contributed by atoms with van der Waals surface area (Å²) in [6, 6.07) is 3.39. The second-order valence-electron chi connectivity index (χ2n) is 3.85. The number of anilines is 2. The van der Waals surface area contributed by atoms with Gasteiger partial charge in [0.25, 0.3) is 0 Å². The van der Waals surface area contributed by atoms with E-state index >= 15 is 0 Å². The van der Waals surface area contributed by atoms with Crippen LogP contribution in [-0.2, 0) is 12.7 Å². The van der Waals surface area contributed by atoms with Crippen molar-refractivity contribution in [1.82, 2.24) is 9.97 Å². The van der Waals surface area contributed by atoms with E-state index in [0.29, 0.717) is 17.7 Å². The molecular formula is C11H11F3N4O. The van der Waals surface area contributed by atoms with Crippen molar-refractivity contribution in [2.45, 2.75) is 19.6 Å². The predicted molar refractivity (Wildman–Crippen MR) is 62.2 cm³/mol. The molecule has 0 radical (unpaired) electrons. The number of alkyl halides is 3. The quantitative estimate of drug-likeness (QED) is 0.898. The molecule has 3 N–H and O–H groups in total. The topological polar surface area (TPSA) is 77.0 Å². The number of halogens is 3. The van der Waals surface area contributed by atoms with Gasteiger partial charge in [-0.1, -0.05) is 0 Å². The van der Waals surface area contributed by atoms with Crippen LogP contribution in [0.1, 0.15) is 17.1 Å². The number of aromatic nitrogens is 2. The van der Waals surface area contributed by atoms with Gasteiger partial charge in [-0.15, -0.1) is 0 Å². The van der Waals surface area contributed by atoms with Gasteiger partial charge in [-0.25, -0.2) is 4.98 Å².